The average molecular weight is 315 g/mol. The summed E-state index contributed by atoms with van der Waals surface area (Å²) in [5.74, 6) is 1.27. The Morgan fingerprint density at radius 2 is 1.83 bits per heavy atom. The van der Waals surface area contributed by atoms with E-state index in [1.807, 2.05) is 36.4 Å². The maximum absolute atomic E-state index is 11.7. The number of methoxy groups -OCH3 is 1. The second-order valence-electron chi connectivity index (χ2n) is 4.75. The van der Waals surface area contributed by atoms with Crippen LogP contribution in [0.5, 0.6) is 11.5 Å². The minimum absolute atomic E-state index is 0.314. The Balaban J connectivity index is 1.79. The highest BCUT2D eigenvalue weighted by molar-refractivity contribution is 5.90. The highest BCUT2D eigenvalue weighted by atomic mass is 16.5. The molecule has 5 nitrogen and oxygen atoms in total. The monoisotopic (exact) mass is 315 g/mol. The summed E-state index contributed by atoms with van der Waals surface area (Å²) in [6, 6.07) is 14.6. The fourth-order valence-electron chi connectivity index (χ4n) is 2.01. The molecule has 0 saturated carbocycles. The molecule has 0 spiro atoms. The zero-order valence-corrected chi connectivity index (χ0v) is 13.4. The molecule has 0 bridgehead atoms. The Morgan fingerprint density at radius 1 is 1.09 bits per heavy atom. The zero-order chi connectivity index (χ0) is 16.5. The summed E-state index contributed by atoms with van der Waals surface area (Å²) < 4.78 is 15.7. The van der Waals surface area contributed by atoms with E-state index in [9.17, 15) is 4.79 Å². The molecule has 0 atom stereocenters. The van der Waals surface area contributed by atoms with Gasteiger partial charge in [0.2, 0.25) is 0 Å². The van der Waals surface area contributed by atoms with Crippen molar-refractivity contribution in [1.29, 1.82) is 0 Å². The van der Waals surface area contributed by atoms with Crippen molar-refractivity contribution in [3.8, 4) is 11.5 Å². The van der Waals surface area contributed by atoms with Gasteiger partial charge in [0.05, 0.1) is 19.3 Å². The minimum atomic E-state index is -0.314. The van der Waals surface area contributed by atoms with Crippen LogP contribution in [0.1, 0.15) is 17.3 Å². The number of benzene rings is 2. The van der Waals surface area contributed by atoms with Crippen LogP contribution in [0.15, 0.2) is 48.5 Å². The zero-order valence-electron chi connectivity index (χ0n) is 13.4. The molecule has 0 amide bonds. The largest absolute Gasteiger partial charge is 0.497 e. The van der Waals surface area contributed by atoms with E-state index >= 15 is 0 Å². The van der Waals surface area contributed by atoms with E-state index in [0.29, 0.717) is 25.3 Å². The summed E-state index contributed by atoms with van der Waals surface area (Å²) >= 11 is 0. The van der Waals surface area contributed by atoms with E-state index in [1.165, 1.54) is 0 Å². The Labute approximate surface area is 136 Å². The van der Waals surface area contributed by atoms with Gasteiger partial charge in [0.1, 0.15) is 18.1 Å². The smallest absolute Gasteiger partial charge is 0.338 e. The normalized spacial score (nSPS) is 10.0. The van der Waals surface area contributed by atoms with E-state index in [1.54, 1.807) is 26.2 Å². The Kier molecular flexibility index (Phi) is 6.29. The number of carbonyl (C=O) groups excluding carboxylic acids is 1. The van der Waals surface area contributed by atoms with E-state index in [-0.39, 0.29) is 5.97 Å². The lowest BCUT2D eigenvalue weighted by Gasteiger charge is -2.10. The molecule has 0 aromatic heterocycles. The van der Waals surface area contributed by atoms with Crippen LogP contribution in [0.3, 0.4) is 0 Å². The second-order valence-corrected chi connectivity index (χ2v) is 4.75. The third-order valence-electron chi connectivity index (χ3n) is 3.13. The van der Waals surface area contributed by atoms with Crippen LogP contribution in [-0.4, -0.2) is 32.8 Å². The van der Waals surface area contributed by atoms with Gasteiger partial charge in [-0.05, 0) is 49.4 Å². The van der Waals surface area contributed by atoms with Gasteiger partial charge in [-0.3, -0.25) is 0 Å². The van der Waals surface area contributed by atoms with E-state index in [2.05, 4.69) is 5.32 Å². The van der Waals surface area contributed by atoms with Gasteiger partial charge in [-0.15, -0.1) is 0 Å². The minimum Gasteiger partial charge on any atom is -0.497 e. The van der Waals surface area contributed by atoms with E-state index < -0.39 is 0 Å². The Hall–Kier alpha value is -2.69. The molecule has 0 heterocycles. The number of hydrogen-bond donors (Lipinski definition) is 1. The van der Waals surface area contributed by atoms with Gasteiger partial charge in [-0.2, -0.15) is 0 Å². The summed E-state index contributed by atoms with van der Waals surface area (Å²) in [6.45, 7) is 3.29. The van der Waals surface area contributed by atoms with Crippen LogP contribution in [0.4, 0.5) is 5.69 Å². The summed E-state index contributed by atoms with van der Waals surface area (Å²) in [7, 11) is 1.63. The Morgan fingerprint density at radius 3 is 2.52 bits per heavy atom. The number of rotatable bonds is 8. The Bertz CT molecular complexity index is 625. The number of ether oxygens (including phenoxy) is 3. The van der Waals surface area contributed by atoms with Crippen molar-refractivity contribution in [2.24, 2.45) is 0 Å². The molecule has 2 rings (SSSR count). The van der Waals surface area contributed by atoms with E-state index in [0.717, 1.165) is 17.2 Å². The first-order valence-electron chi connectivity index (χ1n) is 7.51. The first kappa shape index (κ1) is 16.7. The predicted molar refractivity (Wildman–Crippen MR) is 89.4 cm³/mol. The third-order valence-corrected chi connectivity index (χ3v) is 3.13. The predicted octanol–water partition coefficient (Wildman–Crippen LogP) is 3.36. The molecule has 0 aliphatic rings. The third kappa shape index (κ3) is 5.21. The van der Waals surface area contributed by atoms with Crippen LogP contribution in [0.2, 0.25) is 0 Å². The molecular formula is C18H21NO4. The quantitative estimate of drug-likeness (QED) is 0.598. The molecule has 2 aromatic carbocycles. The lowest BCUT2D eigenvalue weighted by Crippen LogP contribution is -2.12. The van der Waals surface area contributed by atoms with E-state index in [4.69, 9.17) is 14.2 Å². The second kappa shape index (κ2) is 8.68. The van der Waals surface area contributed by atoms with Crippen LogP contribution >= 0.6 is 0 Å². The molecule has 0 aliphatic carbocycles. The molecule has 0 aliphatic heterocycles. The van der Waals surface area contributed by atoms with Gasteiger partial charge in [-0.25, -0.2) is 4.79 Å². The molecular weight excluding hydrogens is 294 g/mol. The fourth-order valence-corrected chi connectivity index (χ4v) is 2.01. The van der Waals surface area contributed by atoms with Gasteiger partial charge in [0.15, 0.2) is 0 Å². The molecule has 0 radical (unpaired) electrons. The van der Waals surface area contributed by atoms with Crippen LogP contribution in [0, 0.1) is 0 Å². The van der Waals surface area contributed by atoms with Crippen molar-refractivity contribution < 1.29 is 19.0 Å². The number of carbonyl (C=O) groups is 1. The van der Waals surface area contributed by atoms with Crippen molar-refractivity contribution in [3.05, 3.63) is 54.1 Å². The topological polar surface area (TPSA) is 56.8 Å². The van der Waals surface area contributed by atoms with Gasteiger partial charge in [-0.1, -0.05) is 6.07 Å². The SMILES string of the molecule is CCOC(=O)c1cccc(NCCOc2ccc(OC)cc2)c1. The maximum atomic E-state index is 11.7. The van der Waals surface area contributed by atoms with Gasteiger partial charge < -0.3 is 19.5 Å². The summed E-state index contributed by atoms with van der Waals surface area (Å²) in [6.07, 6.45) is 0. The molecule has 0 saturated heterocycles. The molecule has 122 valence electrons. The van der Waals surface area contributed by atoms with Crippen molar-refractivity contribution in [2.75, 3.05) is 32.2 Å². The standard InChI is InChI=1S/C18H21NO4/c1-3-22-18(20)14-5-4-6-15(13-14)19-11-12-23-17-9-7-16(21-2)8-10-17/h4-10,13,19H,3,11-12H2,1-2H3. The number of esters is 1. The first-order valence-corrected chi connectivity index (χ1v) is 7.51. The van der Waals surface area contributed by atoms with Crippen molar-refractivity contribution >= 4 is 11.7 Å². The van der Waals surface area contributed by atoms with Crippen LogP contribution in [0.25, 0.3) is 0 Å². The van der Waals surface area contributed by atoms with Gasteiger partial charge in [0.25, 0.3) is 0 Å². The highest BCUT2D eigenvalue weighted by Gasteiger charge is 2.06. The molecule has 1 N–H and O–H groups in total. The van der Waals surface area contributed by atoms with Gasteiger partial charge >= 0.3 is 5.97 Å². The summed E-state index contributed by atoms with van der Waals surface area (Å²) in [5.41, 5.74) is 1.39. The summed E-state index contributed by atoms with van der Waals surface area (Å²) in [5, 5.41) is 3.22. The molecule has 23 heavy (non-hydrogen) atoms. The van der Waals surface area contributed by atoms with Crippen LogP contribution < -0.4 is 14.8 Å². The van der Waals surface area contributed by atoms with Crippen molar-refractivity contribution in [1.82, 2.24) is 0 Å². The highest BCUT2D eigenvalue weighted by Crippen LogP contribution is 2.17. The van der Waals surface area contributed by atoms with Crippen LogP contribution in [-0.2, 0) is 4.74 Å². The maximum Gasteiger partial charge on any atom is 0.338 e. The molecule has 5 heteroatoms. The lowest BCUT2D eigenvalue weighted by atomic mass is 10.2. The average Bonchev–Trinajstić information content (AvgIpc) is 2.60. The molecule has 0 unspecified atom stereocenters. The lowest BCUT2D eigenvalue weighted by molar-refractivity contribution is 0.0526. The van der Waals surface area contributed by atoms with Gasteiger partial charge in [0, 0.05) is 12.2 Å². The summed E-state index contributed by atoms with van der Waals surface area (Å²) in [4.78, 5) is 11.7. The number of nitrogens with one attached hydrogen (secondary N) is 1. The number of anilines is 1. The number of hydrogen-bond acceptors (Lipinski definition) is 5. The van der Waals surface area contributed by atoms with Crippen molar-refractivity contribution in [2.45, 2.75) is 6.92 Å². The van der Waals surface area contributed by atoms with Crippen molar-refractivity contribution in [3.63, 3.8) is 0 Å². The molecule has 0 fully saturated rings. The first-order chi connectivity index (χ1) is 11.2. The fraction of sp³-hybridized carbons (Fsp3) is 0.278. The molecule has 2 aromatic rings.